The summed E-state index contributed by atoms with van der Waals surface area (Å²) in [6, 6.07) is 10.7. The number of nitrogens with one attached hydrogen (secondary N) is 1. The van der Waals surface area contributed by atoms with Gasteiger partial charge in [0.25, 0.3) is 5.91 Å². The third-order valence-corrected chi connectivity index (χ3v) is 5.45. The Hall–Kier alpha value is -3.02. The van der Waals surface area contributed by atoms with E-state index in [-0.39, 0.29) is 11.6 Å². The lowest BCUT2D eigenvalue weighted by atomic mass is 9.99. The Morgan fingerprint density at radius 3 is 2.55 bits per heavy atom. The number of pyridine rings is 1. The van der Waals surface area contributed by atoms with Crippen molar-refractivity contribution in [3.05, 3.63) is 65.4 Å². The van der Waals surface area contributed by atoms with Gasteiger partial charge in [-0.2, -0.15) is 0 Å². The molecular formula is C23H23F2N3O. The Labute approximate surface area is 168 Å². The molecule has 0 aliphatic carbocycles. The van der Waals surface area contributed by atoms with Crippen LogP contribution >= 0.6 is 0 Å². The number of hydrogen-bond acceptors (Lipinski definition) is 3. The van der Waals surface area contributed by atoms with Crippen LogP contribution in [-0.4, -0.2) is 28.9 Å². The summed E-state index contributed by atoms with van der Waals surface area (Å²) in [6.45, 7) is 5.57. The summed E-state index contributed by atoms with van der Waals surface area (Å²) in [4.78, 5) is 19.4. The molecule has 29 heavy (non-hydrogen) atoms. The summed E-state index contributed by atoms with van der Waals surface area (Å²) in [5, 5.41) is 3.80. The second kappa shape index (κ2) is 7.78. The van der Waals surface area contributed by atoms with Crippen molar-refractivity contribution in [2.45, 2.75) is 26.7 Å². The molecule has 0 spiro atoms. The van der Waals surface area contributed by atoms with Crippen LogP contribution in [0, 0.1) is 24.5 Å². The van der Waals surface area contributed by atoms with Crippen molar-refractivity contribution in [3.63, 3.8) is 0 Å². The summed E-state index contributed by atoms with van der Waals surface area (Å²) in [6.07, 6.45) is 1.95. The van der Waals surface area contributed by atoms with Gasteiger partial charge in [-0.1, -0.05) is 18.6 Å². The van der Waals surface area contributed by atoms with E-state index in [2.05, 4.69) is 17.2 Å². The number of carbonyl (C=O) groups is 1. The number of anilines is 2. The van der Waals surface area contributed by atoms with E-state index in [0.29, 0.717) is 35.9 Å². The number of halogens is 2. The number of nitrogens with zero attached hydrogens (tertiary/aromatic N) is 2. The number of carbonyl (C=O) groups excluding carboxylic acids is 1. The highest BCUT2D eigenvalue weighted by Crippen LogP contribution is 2.30. The maximum Gasteiger partial charge on any atom is 0.272 e. The van der Waals surface area contributed by atoms with Crippen molar-refractivity contribution in [3.8, 4) is 0 Å². The number of fused-ring (bicyclic) bond motifs is 1. The fourth-order valence-electron chi connectivity index (χ4n) is 3.66. The Morgan fingerprint density at radius 1 is 1.07 bits per heavy atom. The first-order chi connectivity index (χ1) is 13.9. The normalized spacial score (nSPS) is 15.0. The number of likely N-dealkylation sites (tertiary alicyclic amines) is 1. The number of aromatic nitrogens is 1. The van der Waals surface area contributed by atoms with Crippen LogP contribution in [-0.2, 0) is 0 Å². The van der Waals surface area contributed by atoms with Crippen molar-refractivity contribution in [2.24, 2.45) is 5.92 Å². The molecule has 0 bridgehead atoms. The van der Waals surface area contributed by atoms with Crippen LogP contribution in [0.2, 0.25) is 0 Å². The molecule has 2 heterocycles. The summed E-state index contributed by atoms with van der Waals surface area (Å²) in [7, 11) is 0. The molecule has 1 aliphatic heterocycles. The number of aryl methyl sites for hydroxylation is 1. The zero-order valence-corrected chi connectivity index (χ0v) is 16.5. The molecule has 4 rings (SSSR count). The van der Waals surface area contributed by atoms with E-state index in [1.807, 2.05) is 30.0 Å². The van der Waals surface area contributed by atoms with Gasteiger partial charge in [0.2, 0.25) is 0 Å². The minimum atomic E-state index is -0.694. The van der Waals surface area contributed by atoms with E-state index < -0.39 is 11.6 Å². The molecule has 0 atom stereocenters. The lowest BCUT2D eigenvalue weighted by Crippen LogP contribution is -2.38. The first-order valence-electron chi connectivity index (χ1n) is 9.83. The highest BCUT2D eigenvalue weighted by Gasteiger charge is 2.23. The van der Waals surface area contributed by atoms with Gasteiger partial charge in [0.15, 0.2) is 0 Å². The van der Waals surface area contributed by atoms with E-state index in [1.54, 1.807) is 6.07 Å². The van der Waals surface area contributed by atoms with Crippen LogP contribution in [0.4, 0.5) is 20.2 Å². The van der Waals surface area contributed by atoms with Crippen molar-refractivity contribution in [1.82, 2.24) is 9.88 Å². The van der Waals surface area contributed by atoms with Gasteiger partial charge in [0, 0.05) is 24.5 Å². The molecule has 3 aromatic rings. The van der Waals surface area contributed by atoms with Gasteiger partial charge in [0.1, 0.15) is 17.3 Å². The Balaban J connectivity index is 1.75. The SMILES string of the molecule is Cc1ccc2nc(C(=O)N3CCC(C)CC3)cc(Nc3ccc(F)cc3F)c2c1. The third kappa shape index (κ3) is 4.06. The summed E-state index contributed by atoms with van der Waals surface area (Å²) in [5.41, 5.74) is 2.70. The zero-order valence-electron chi connectivity index (χ0n) is 16.5. The summed E-state index contributed by atoms with van der Waals surface area (Å²) < 4.78 is 27.5. The quantitative estimate of drug-likeness (QED) is 0.643. The van der Waals surface area contributed by atoms with E-state index in [0.717, 1.165) is 29.9 Å². The molecule has 1 aliphatic rings. The number of rotatable bonds is 3. The molecule has 6 heteroatoms. The van der Waals surface area contributed by atoms with E-state index in [4.69, 9.17) is 0 Å². The smallest absolute Gasteiger partial charge is 0.272 e. The third-order valence-electron chi connectivity index (χ3n) is 5.45. The van der Waals surface area contributed by atoms with Gasteiger partial charge >= 0.3 is 0 Å². The van der Waals surface area contributed by atoms with Crippen LogP contribution in [0.1, 0.15) is 35.8 Å². The largest absolute Gasteiger partial charge is 0.353 e. The molecule has 0 unspecified atom stereocenters. The van der Waals surface area contributed by atoms with Gasteiger partial charge in [-0.25, -0.2) is 13.8 Å². The number of benzene rings is 2. The highest BCUT2D eigenvalue weighted by atomic mass is 19.1. The van der Waals surface area contributed by atoms with Crippen LogP contribution in [0.3, 0.4) is 0 Å². The molecule has 0 radical (unpaired) electrons. The van der Waals surface area contributed by atoms with Gasteiger partial charge in [-0.15, -0.1) is 0 Å². The molecule has 1 amide bonds. The molecule has 1 aromatic heterocycles. The average molecular weight is 395 g/mol. The topological polar surface area (TPSA) is 45.2 Å². The molecule has 1 fully saturated rings. The lowest BCUT2D eigenvalue weighted by molar-refractivity contribution is 0.0691. The first kappa shape index (κ1) is 19.3. The molecular weight excluding hydrogens is 372 g/mol. The predicted molar refractivity (Wildman–Crippen MR) is 110 cm³/mol. The lowest BCUT2D eigenvalue weighted by Gasteiger charge is -2.30. The maximum absolute atomic E-state index is 14.2. The molecule has 1 N–H and O–H groups in total. The molecule has 150 valence electrons. The molecule has 1 saturated heterocycles. The highest BCUT2D eigenvalue weighted by molar-refractivity contribution is 6.00. The standard InChI is InChI=1S/C23H23F2N3O/c1-14-7-9-28(10-8-14)23(29)22-13-21(17-11-15(2)3-5-19(17)26-22)27-20-6-4-16(24)12-18(20)25/h3-6,11-14H,7-10H2,1-2H3,(H,26,27). The van der Waals surface area contributed by atoms with Gasteiger partial charge in [0.05, 0.1) is 16.9 Å². The second-order valence-corrected chi connectivity index (χ2v) is 7.80. The van der Waals surface area contributed by atoms with Crippen LogP contribution in [0.5, 0.6) is 0 Å². The van der Waals surface area contributed by atoms with Crippen molar-refractivity contribution < 1.29 is 13.6 Å². The zero-order chi connectivity index (χ0) is 20.5. The first-order valence-corrected chi connectivity index (χ1v) is 9.83. The second-order valence-electron chi connectivity index (χ2n) is 7.80. The van der Waals surface area contributed by atoms with Crippen LogP contribution in [0.15, 0.2) is 42.5 Å². The summed E-state index contributed by atoms with van der Waals surface area (Å²) in [5.74, 6) is -0.841. The van der Waals surface area contributed by atoms with Crippen molar-refractivity contribution in [1.29, 1.82) is 0 Å². The molecule has 0 saturated carbocycles. The minimum absolute atomic E-state index is 0.123. The number of piperidine rings is 1. The van der Waals surface area contributed by atoms with Crippen molar-refractivity contribution >= 4 is 28.2 Å². The molecule has 2 aromatic carbocycles. The van der Waals surface area contributed by atoms with Gasteiger partial charge in [-0.3, -0.25) is 4.79 Å². The Kier molecular flexibility index (Phi) is 5.18. The number of hydrogen-bond donors (Lipinski definition) is 1. The van der Waals surface area contributed by atoms with E-state index in [1.165, 1.54) is 12.1 Å². The van der Waals surface area contributed by atoms with E-state index in [9.17, 15) is 13.6 Å². The monoisotopic (exact) mass is 395 g/mol. The summed E-state index contributed by atoms with van der Waals surface area (Å²) >= 11 is 0. The van der Waals surface area contributed by atoms with Crippen LogP contribution < -0.4 is 5.32 Å². The fraction of sp³-hybridized carbons (Fsp3) is 0.304. The average Bonchev–Trinajstić information content (AvgIpc) is 2.70. The number of amides is 1. The fourth-order valence-corrected chi connectivity index (χ4v) is 3.66. The van der Waals surface area contributed by atoms with Crippen molar-refractivity contribution in [2.75, 3.05) is 18.4 Å². The van der Waals surface area contributed by atoms with E-state index >= 15 is 0 Å². The Morgan fingerprint density at radius 2 is 1.83 bits per heavy atom. The van der Waals surface area contributed by atoms with Crippen LogP contribution in [0.25, 0.3) is 10.9 Å². The maximum atomic E-state index is 14.2. The predicted octanol–water partition coefficient (Wildman–Crippen LogP) is 5.44. The Bertz CT molecular complexity index is 1080. The van der Waals surface area contributed by atoms with Gasteiger partial charge in [-0.05, 0) is 56.0 Å². The molecule has 4 nitrogen and oxygen atoms in total. The minimum Gasteiger partial charge on any atom is -0.353 e. The van der Waals surface area contributed by atoms with Gasteiger partial charge < -0.3 is 10.2 Å².